The van der Waals surface area contributed by atoms with Gasteiger partial charge in [-0.15, -0.1) is 0 Å². The second-order valence-corrected chi connectivity index (χ2v) is 5.58. The Morgan fingerprint density at radius 2 is 1.83 bits per heavy atom. The van der Waals surface area contributed by atoms with E-state index in [1.165, 1.54) is 6.33 Å². The highest BCUT2D eigenvalue weighted by Crippen LogP contribution is 2.37. The maximum absolute atomic E-state index is 6.13. The van der Waals surface area contributed by atoms with Crippen LogP contribution in [-0.2, 0) is 4.74 Å². The van der Waals surface area contributed by atoms with Crippen molar-refractivity contribution in [2.45, 2.75) is 0 Å². The summed E-state index contributed by atoms with van der Waals surface area (Å²) in [6.07, 6.45) is 1.53. The second kappa shape index (κ2) is 7.55. The third-order valence-corrected chi connectivity index (χ3v) is 4.02. The molecule has 0 atom stereocenters. The van der Waals surface area contributed by atoms with Crippen molar-refractivity contribution in [1.82, 2.24) is 9.97 Å². The zero-order valence-electron chi connectivity index (χ0n) is 13.6. The Balaban J connectivity index is 1.85. The molecule has 128 valence electrons. The summed E-state index contributed by atoms with van der Waals surface area (Å²) in [5.74, 6) is 2.68. The first kappa shape index (κ1) is 16.6. The quantitative estimate of drug-likeness (QED) is 0.889. The van der Waals surface area contributed by atoms with Gasteiger partial charge in [-0.2, -0.15) is 0 Å². The highest BCUT2D eigenvalue weighted by Gasteiger charge is 2.14. The fourth-order valence-corrected chi connectivity index (χ4v) is 2.71. The van der Waals surface area contributed by atoms with Crippen LogP contribution in [0.15, 0.2) is 24.5 Å². The molecule has 7 nitrogen and oxygen atoms in total. The SMILES string of the molecule is COc1cc(Nc2cc(N3CCOCC3)ncn2)c(OC)cc1Cl. The molecule has 0 unspecified atom stereocenters. The maximum atomic E-state index is 6.13. The van der Waals surface area contributed by atoms with E-state index >= 15 is 0 Å². The van der Waals surface area contributed by atoms with E-state index in [1.807, 2.05) is 6.07 Å². The number of benzene rings is 1. The number of morpholine rings is 1. The Morgan fingerprint density at radius 3 is 2.54 bits per heavy atom. The molecule has 0 radical (unpaired) electrons. The summed E-state index contributed by atoms with van der Waals surface area (Å²) in [6.45, 7) is 3.03. The zero-order chi connectivity index (χ0) is 16.9. The monoisotopic (exact) mass is 350 g/mol. The summed E-state index contributed by atoms with van der Waals surface area (Å²) in [6, 6.07) is 5.37. The molecule has 0 spiro atoms. The summed E-state index contributed by atoms with van der Waals surface area (Å²) >= 11 is 6.13. The van der Waals surface area contributed by atoms with E-state index in [2.05, 4.69) is 20.2 Å². The minimum atomic E-state index is 0.483. The van der Waals surface area contributed by atoms with Crippen LogP contribution in [0.1, 0.15) is 0 Å². The van der Waals surface area contributed by atoms with Crippen molar-refractivity contribution in [3.05, 3.63) is 29.5 Å². The van der Waals surface area contributed by atoms with Crippen LogP contribution in [0.4, 0.5) is 17.3 Å². The van der Waals surface area contributed by atoms with Gasteiger partial charge in [-0.1, -0.05) is 11.6 Å². The highest BCUT2D eigenvalue weighted by molar-refractivity contribution is 6.32. The molecule has 0 bridgehead atoms. The van der Waals surface area contributed by atoms with Gasteiger partial charge in [0.15, 0.2) is 0 Å². The van der Waals surface area contributed by atoms with Crippen LogP contribution >= 0.6 is 11.6 Å². The lowest BCUT2D eigenvalue weighted by Crippen LogP contribution is -2.36. The lowest BCUT2D eigenvalue weighted by atomic mass is 10.2. The van der Waals surface area contributed by atoms with Gasteiger partial charge in [0, 0.05) is 31.3 Å². The van der Waals surface area contributed by atoms with Crippen LogP contribution in [0, 0.1) is 0 Å². The van der Waals surface area contributed by atoms with Crippen molar-refractivity contribution in [2.75, 3.05) is 50.7 Å². The molecular formula is C16H19ClN4O3. The van der Waals surface area contributed by atoms with E-state index in [1.54, 1.807) is 26.4 Å². The van der Waals surface area contributed by atoms with E-state index in [-0.39, 0.29) is 0 Å². The lowest BCUT2D eigenvalue weighted by Gasteiger charge is -2.27. The summed E-state index contributed by atoms with van der Waals surface area (Å²) < 4.78 is 16.0. The predicted octanol–water partition coefficient (Wildman–Crippen LogP) is 2.73. The van der Waals surface area contributed by atoms with Gasteiger partial charge in [-0.25, -0.2) is 9.97 Å². The molecule has 2 aromatic rings. The standard InChI is InChI=1S/C16H19ClN4O3/c1-22-13-8-12(14(23-2)7-11(13)17)20-15-9-16(19-10-18-15)21-3-5-24-6-4-21/h7-10H,3-6H2,1-2H3,(H,18,19,20). The highest BCUT2D eigenvalue weighted by atomic mass is 35.5. The second-order valence-electron chi connectivity index (χ2n) is 5.17. The van der Waals surface area contributed by atoms with E-state index in [4.69, 9.17) is 25.8 Å². The van der Waals surface area contributed by atoms with Gasteiger partial charge in [-0.3, -0.25) is 0 Å². The first-order valence-corrected chi connectivity index (χ1v) is 7.92. The summed E-state index contributed by atoms with van der Waals surface area (Å²) in [4.78, 5) is 10.8. The van der Waals surface area contributed by atoms with E-state index in [9.17, 15) is 0 Å². The molecule has 1 aliphatic rings. The fraction of sp³-hybridized carbons (Fsp3) is 0.375. The van der Waals surface area contributed by atoms with Crippen molar-refractivity contribution in [3.63, 3.8) is 0 Å². The third-order valence-electron chi connectivity index (χ3n) is 3.72. The molecule has 0 aliphatic carbocycles. The van der Waals surface area contributed by atoms with E-state index in [0.29, 0.717) is 41.2 Å². The zero-order valence-corrected chi connectivity index (χ0v) is 14.3. The number of aromatic nitrogens is 2. The molecule has 8 heteroatoms. The maximum Gasteiger partial charge on any atom is 0.144 e. The summed E-state index contributed by atoms with van der Waals surface area (Å²) in [5.41, 5.74) is 0.713. The van der Waals surface area contributed by atoms with Crippen molar-refractivity contribution in [2.24, 2.45) is 0 Å². The fourth-order valence-electron chi connectivity index (χ4n) is 2.48. The summed E-state index contributed by atoms with van der Waals surface area (Å²) in [5, 5.41) is 3.72. The number of hydrogen-bond donors (Lipinski definition) is 1. The molecule has 2 heterocycles. The van der Waals surface area contributed by atoms with Gasteiger partial charge < -0.3 is 24.4 Å². The minimum absolute atomic E-state index is 0.483. The van der Waals surface area contributed by atoms with Crippen LogP contribution in [0.2, 0.25) is 5.02 Å². The molecule has 1 fully saturated rings. The Labute approximate surface area is 145 Å². The Morgan fingerprint density at radius 1 is 1.08 bits per heavy atom. The average Bonchev–Trinajstić information content (AvgIpc) is 2.63. The molecule has 1 aliphatic heterocycles. The van der Waals surface area contributed by atoms with Gasteiger partial charge in [-0.05, 0) is 0 Å². The van der Waals surface area contributed by atoms with E-state index in [0.717, 1.165) is 18.9 Å². The van der Waals surface area contributed by atoms with Crippen LogP contribution in [0.3, 0.4) is 0 Å². The molecule has 0 saturated carbocycles. The number of rotatable bonds is 5. The average molecular weight is 351 g/mol. The number of nitrogens with zero attached hydrogens (tertiary/aromatic N) is 3. The van der Waals surface area contributed by atoms with Crippen molar-refractivity contribution >= 4 is 28.9 Å². The number of ether oxygens (including phenoxy) is 3. The Kier molecular flexibility index (Phi) is 5.22. The van der Waals surface area contributed by atoms with Gasteiger partial charge in [0.1, 0.15) is 29.5 Å². The van der Waals surface area contributed by atoms with Crippen LogP contribution < -0.4 is 19.7 Å². The number of hydrogen-bond acceptors (Lipinski definition) is 7. The van der Waals surface area contributed by atoms with Gasteiger partial charge in [0.25, 0.3) is 0 Å². The summed E-state index contributed by atoms with van der Waals surface area (Å²) in [7, 11) is 3.15. The first-order chi connectivity index (χ1) is 11.7. The number of nitrogens with one attached hydrogen (secondary N) is 1. The van der Waals surface area contributed by atoms with Crippen molar-refractivity contribution in [1.29, 1.82) is 0 Å². The smallest absolute Gasteiger partial charge is 0.144 e. The van der Waals surface area contributed by atoms with Gasteiger partial charge in [0.05, 0.1) is 38.1 Å². The van der Waals surface area contributed by atoms with Crippen molar-refractivity contribution in [3.8, 4) is 11.5 Å². The number of anilines is 3. The molecule has 24 heavy (non-hydrogen) atoms. The number of methoxy groups -OCH3 is 2. The normalized spacial score (nSPS) is 14.4. The molecule has 1 aromatic carbocycles. The van der Waals surface area contributed by atoms with Crippen LogP contribution in [0.5, 0.6) is 11.5 Å². The Bertz CT molecular complexity index is 708. The Hall–Kier alpha value is -2.25. The first-order valence-electron chi connectivity index (χ1n) is 7.54. The molecular weight excluding hydrogens is 332 g/mol. The van der Waals surface area contributed by atoms with Crippen LogP contribution in [0.25, 0.3) is 0 Å². The molecule has 1 N–H and O–H groups in total. The predicted molar refractivity (Wildman–Crippen MR) is 92.9 cm³/mol. The molecule has 0 amide bonds. The van der Waals surface area contributed by atoms with E-state index < -0.39 is 0 Å². The topological polar surface area (TPSA) is 68.7 Å². The molecule has 3 rings (SSSR count). The lowest BCUT2D eigenvalue weighted by molar-refractivity contribution is 0.122. The molecule has 1 saturated heterocycles. The molecule has 1 aromatic heterocycles. The van der Waals surface area contributed by atoms with Crippen LogP contribution in [-0.4, -0.2) is 50.5 Å². The van der Waals surface area contributed by atoms with Gasteiger partial charge >= 0.3 is 0 Å². The number of halogens is 1. The van der Waals surface area contributed by atoms with Gasteiger partial charge in [0.2, 0.25) is 0 Å². The largest absolute Gasteiger partial charge is 0.495 e. The van der Waals surface area contributed by atoms with Crippen molar-refractivity contribution < 1.29 is 14.2 Å². The third kappa shape index (κ3) is 3.63. The minimum Gasteiger partial charge on any atom is -0.495 e.